The summed E-state index contributed by atoms with van der Waals surface area (Å²) in [4.78, 5) is 39.8. The second kappa shape index (κ2) is 8.86. The molecule has 1 aromatic heterocycles. The summed E-state index contributed by atoms with van der Waals surface area (Å²) in [7, 11) is 0. The van der Waals surface area contributed by atoms with Crippen molar-refractivity contribution in [3.05, 3.63) is 69.6 Å². The molecule has 1 aliphatic carbocycles. The number of hydrogen-bond donors (Lipinski definition) is 0. The molecule has 2 aromatic carbocycles. The monoisotopic (exact) mass is 481 g/mol. The number of amides is 2. The van der Waals surface area contributed by atoms with Crippen LogP contribution >= 0.6 is 11.6 Å². The van der Waals surface area contributed by atoms with Crippen molar-refractivity contribution in [1.29, 1.82) is 0 Å². The summed E-state index contributed by atoms with van der Waals surface area (Å²) in [5, 5.41) is 19.5. The molecule has 0 spiro atoms. The number of carbonyl (C=O) groups excluding carboxylic acids is 2. The van der Waals surface area contributed by atoms with E-state index < -0.39 is 10.8 Å². The molecule has 10 nitrogen and oxygen atoms in total. The zero-order valence-electron chi connectivity index (χ0n) is 18.0. The van der Waals surface area contributed by atoms with E-state index in [9.17, 15) is 19.7 Å². The third kappa shape index (κ3) is 4.36. The lowest BCUT2D eigenvalue weighted by molar-refractivity contribution is -0.384. The van der Waals surface area contributed by atoms with E-state index in [0.29, 0.717) is 16.3 Å². The zero-order valence-corrected chi connectivity index (χ0v) is 18.7. The van der Waals surface area contributed by atoms with Gasteiger partial charge in [-0.15, -0.1) is 10.2 Å². The van der Waals surface area contributed by atoms with E-state index in [2.05, 4.69) is 10.2 Å². The minimum atomic E-state index is -0.497. The number of anilines is 1. The molecule has 174 valence electrons. The molecule has 11 heteroatoms. The van der Waals surface area contributed by atoms with Crippen molar-refractivity contribution in [2.24, 2.45) is 5.92 Å². The average Bonchev–Trinajstić information content (AvgIpc) is 3.44. The van der Waals surface area contributed by atoms with Crippen LogP contribution in [0.3, 0.4) is 0 Å². The molecule has 0 N–H and O–H groups in total. The van der Waals surface area contributed by atoms with E-state index in [-0.39, 0.29) is 54.8 Å². The van der Waals surface area contributed by atoms with Crippen molar-refractivity contribution in [3.8, 4) is 11.5 Å². The molecule has 2 aliphatic rings. The van der Waals surface area contributed by atoms with E-state index in [1.807, 2.05) is 0 Å². The normalized spacial score (nSPS) is 17.7. The molecule has 5 rings (SSSR count). The predicted molar refractivity (Wildman–Crippen MR) is 122 cm³/mol. The Hall–Kier alpha value is -3.79. The summed E-state index contributed by atoms with van der Waals surface area (Å²) in [5.74, 6) is -0.408. The molecular weight excluding hydrogens is 462 g/mol. The van der Waals surface area contributed by atoms with E-state index >= 15 is 0 Å². The summed E-state index contributed by atoms with van der Waals surface area (Å²) < 4.78 is 5.72. The highest BCUT2D eigenvalue weighted by Crippen LogP contribution is 2.35. The van der Waals surface area contributed by atoms with Crippen molar-refractivity contribution in [2.45, 2.75) is 31.8 Å². The van der Waals surface area contributed by atoms with Gasteiger partial charge in [0.2, 0.25) is 23.6 Å². The standard InChI is InChI=1S/C23H20ClN5O5/c24-18-6-1-2-7-19(18)28-12-15(11-21(28)30)23(31)27(16-8-9-16)13-20-25-26-22(34-20)14-4-3-5-17(10-14)29(32)33/h1-7,10,15-16H,8-9,11-13H2/t15-/m0/s1. The van der Waals surface area contributed by atoms with Crippen molar-refractivity contribution >= 4 is 34.8 Å². The fraction of sp³-hybridized carbons (Fsp3) is 0.304. The first-order valence-corrected chi connectivity index (χ1v) is 11.2. The van der Waals surface area contributed by atoms with Gasteiger partial charge in [-0.05, 0) is 31.0 Å². The van der Waals surface area contributed by atoms with Gasteiger partial charge >= 0.3 is 0 Å². The SMILES string of the molecule is O=C1C[C@H](C(=O)N(Cc2nnc(-c3cccc([N+](=O)[O-])c3)o2)C2CC2)CN1c1ccccc1Cl. The maximum absolute atomic E-state index is 13.4. The van der Waals surface area contributed by atoms with Crippen LogP contribution in [0.25, 0.3) is 11.5 Å². The summed E-state index contributed by atoms with van der Waals surface area (Å²) in [6.45, 7) is 0.371. The van der Waals surface area contributed by atoms with Gasteiger partial charge in [0, 0.05) is 36.7 Å². The van der Waals surface area contributed by atoms with Crippen LogP contribution in [-0.4, -0.2) is 44.4 Å². The zero-order chi connectivity index (χ0) is 23.8. The number of nitrogens with zero attached hydrogens (tertiary/aromatic N) is 5. The van der Waals surface area contributed by atoms with Crippen LogP contribution in [0.4, 0.5) is 11.4 Å². The second-order valence-corrected chi connectivity index (χ2v) is 8.77. The third-order valence-corrected chi connectivity index (χ3v) is 6.28. The number of aromatic nitrogens is 2. The number of nitro groups is 1. The minimum Gasteiger partial charge on any atom is -0.419 e. The lowest BCUT2D eigenvalue weighted by Gasteiger charge is -2.24. The van der Waals surface area contributed by atoms with Crippen molar-refractivity contribution in [1.82, 2.24) is 15.1 Å². The number of non-ortho nitro benzene ring substituents is 1. The first-order valence-electron chi connectivity index (χ1n) is 10.8. The number of nitro benzene ring substituents is 1. The molecule has 1 saturated carbocycles. The Bertz CT molecular complexity index is 1270. The first kappa shape index (κ1) is 22.0. The number of benzene rings is 2. The summed E-state index contributed by atoms with van der Waals surface area (Å²) in [5.41, 5.74) is 0.941. The fourth-order valence-electron chi connectivity index (χ4n) is 4.12. The van der Waals surface area contributed by atoms with Gasteiger partial charge < -0.3 is 14.2 Å². The lowest BCUT2D eigenvalue weighted by atomic mass is 10.1. The first-order chi connectivity index (χ1) is 16.4. The molecule has 1 aliphatic heterocycles. The Morgan fingerprint density at radius 1 is 1.21 bits per heavy atom. The molecule has 1 atom stereocenters. The number of rotatable bonds is 7. The number of para-hydroxylation sites is 1. The second-order valence-electron chi connectivity index (χ2n) is 8.36. The Labute approximate surface area is 199 Å². The maximum atomic E-state index is 13.4. The summed E-state index contributed by atoms with van der Waals surface area (Å²) in [6.07, 6.45) is 1.84. The number of hydrogen-bond acceptors (Lipinski definition) is 7. The van der Waals surface area contributed by atoms with Crippen molar-refractivity contribution in [2.75, 3.05) is 11.4 Å². The molecule has 0 radical (unpaired) electrons. The van der Waals surface area contributed by atoms with Crippen LogP contribution in [0.2, 0.25) is 5.02 Å². The van der Waals surface area contributed by atoms with Gasteiger partial charge in [-0.1, -0.05) is 29.8 Å². The number of carbonyl (C=O) groups is 2. The highest BCUT2D eigenvalue weighted by molar-refractivity contribution is 6.33. The van der Waals surface area contributed by atoms with Crippen LogP contribution in [0, 0.1) is 16.0 Å². The van der Waals surface area contributed by atoms with E-state index in [1.165, 1.54) is 12.1 Å². The van der Waals surface area contributed by atoms with Crippen LogP contribution in [0.5, 0.6) is 0 Å². The molecule has 2 heterocycles. The quantitative estimate of drug-likeness (QED) is 0.371. The lowest BCUT2D eigenvalue weighted by Crippen LogP contribution is -2.38. The molecule has 2 amide bonds. The largest absolute Gasteiger partial charge is 0.419 e. The third-order valence-electron chi connectivity index (χ3n) is 5.96. The van der Waals surface area contributed by atoms with Gasteiger partial charge in [-0.2, -0.15) is 0 Å². The Morgan fingerprint density at radius 2 is 2.00 bits per heavy atom. The summed E-state index contributed by atoms with van der Waals surface area (Å²) >= 11 is 6.25. The molecule has 1 saturated heterocycles. The summed E-state index contributed by atoms with van der Waals surface area (Å²) in [6, 6.07) is 13.0. The van der Waals surface area contributed by atoms with Gasteiger partial charge in [0.15, 0.2) is 0 Å². The van der Waals surface area contributed by atoms with Gasteiger partial charge in [0.25, 0.3) is 5.69 Å². The predicted octanol–water partition coefficient (Wildman–Crippen LogP) is 3.84. The van der Waals surface area contributed by atoms with E-state index in [1.54, 1.807) is 46.2 Å². The average molecular weight is 482 g/mol. The Morgan fingerprint density at radius 3 is 2.74 bits per heavy atom. The molecule has 34 heavy (non-hydrogen) atoms. The topological polar surface area (TPSA) is 123 Å². The van der Waals surface area contributed by atoms with Crippen LogP contribution in [0.15, 0.2) is 52.9 Å². The minimum absolute atomic E-state index is 0.0603. The number of halogens is 1. The van der Waals surface area contributed by atoms with Gasteiger partial charge in [-0.3, -0.25) is 19.7 Å². The van der Waals surface area contributed by atoms with Gasteiger partial charge in [0.1, 0.15) is 0 Å². The molecule has 0 unspecified atom stereocenters. The van der Waals surface area contributed by atoms with Gasteiger partial charge in [0.05, 0.1) is 28.1 Å². The van der Waals surface area contributed by atoms with E-state index in [0.717, 1.165) is 12.8 Å². The van der Waals surface area contributed by atoms with Crippen LogP contribution in [0.1, 0.15) is 25.2 Å². The molecule has 2 fully saturated rings. The molecule has 3 aromatic rings. The highest BCUT2D eigenvalue weighted by Gasteiger charge is 2.42. The Balaban J connectivity index is 1.31. The highest BCUT2D eigenvalue weighted by atomic mass is 35.5. The van der Waals surface area contributed by atoms with E-state index in [4.69, 9.17) is 16.0 Å². The Kier molecular flexibility index (Phi) is 5.74. The smallest absolute Gasteiger partial charge is 0.270 e. The van der Waals surface area contributed by atoms with Crippen LogP contribution in [-0.2, 0) is 16.1 Å². The van der Waals surface area contributed by atoms with Crippen LogP contribution < -0.4 is 4.90 Å². The fourth-order valence-corrected chi connectivity index (χ4v) is 4.35. The maximum Gasteiger partial charge on any atom is 0.270 e. The van der Waals surface area contributed by atoms with Gasteiger partial charge in [-0.25, -0.2) is 0 Å². The van der Waals surface area contributed by atoms with Crippen molar-refractivity contribution in [3.63, 3.8) is 0 Å². The molecular formula is C23H20ClN5O5. The molecule has 0 bridgehead atoms. The van der Waals surface area contributed by atoms with Crippen molar-refractivity contribution < 1.29 is 18.9 Å².